The number of rotatable bonds is 11. The summed E-state index contributed by atoms with van der Waals surface area (Å²) >= 11 is 9.51. The molecule has 8 heteroatoms. The van der Waals surface area contributed by atoms with Crippen molar-refractivity contribution >= 4 is 56.5 Å². The van der Waals surface area contributed by atoms with Crippen LogP contribution in [0, 0.1) is 0 Å². The van der Waals surface area contributed by atoms with Gasteiger partial charge in [-0.15, -0.1) is 0 Å². The summed E-state index contributed by atoms with van der Waals surface area (Å²) in [6.45, 7) is -0.505. The predicted octanol–water partition coefficient (Wildman–Crippen LogP) is 6.81. The average Bonchev–Trinajstić information content (AvgIpc) is 2.97. The van der Waals surface area contributed by atoms with Crippen molar-refractivity contribution in [2.45, 2.75) is 12.5 Å². The summed E-state index contributed by atoms with van der Waals surface area (Å²) < 4.78 is 6.15. The summed E-state index contributed by atoms with van der Waals surface area (Å²) in [7, 11) is 0. The molecule has 1 atom stereocenters. The number of carbonyl (C=O) groups is 4. The van der Waals surface area contributed by atoms with Crippen molar-refractivity contribution in [3.8, 4) is 0 Å². The number of ketones is 3. The minimum Gasteiger partial charge on any atom is -0.456 e. The first-order chi connectivity index (χ1) is 18.8. The van der Waals surface area contributed by atoms with Crippen LogP contribution in [0.25, 0.3) is 0 Å². The zero-order valence-corrected chi connectivity index (χ0v) is 22.9. The molecule has 6 nitrogen and oxygen atoms in total. The van der Waals surface area contributed by atoms with Crippen LogP contribution >= 0.6 is 27.5 Å². The molecule has 39 heavy (non-hydrogen) atoms. The van der Waals surface area contributed by atoms with Crippen molar-refractivity contribution in [3.63, 3.8) is 0 Å². The molecule has 0 aliphatic rings. The fourth-order valence-corrected chi connectivity index (χ4v) is 4.28. The van der Waals surface area contributed by atoms with Crippen LogP contribution in [0.4, 0.5) is 5.69 Å². The maximum Gasteiger partial charge on any atom is 0.329 e. The average molecular weight is 605 g/mol. The lowest BCUT2D eigenvalue weighted by Gasteiger charge is -2.20. The first-order valence-corrected chi connectivity index (χ1v) is 13.2. The lowest BCUT2D eigenvalue weighted by molar-refractivity contribution is -0.143. The van der Waals surface area contributed by atoms with Crippen LogP contribution in [0.3, 0.4) is 0 Å². The molecule has 196 valence electrons. The van der Waals surface area contributed by atoms with E-state index in [1.807, 2.05) is 0 Å². The number of ether oxygens (including phenoxy) is 1. The molecule has 0 saturated heterocycles. The van der Waals surface area contributed by atoms with Crippen LogP contribution in [0.2, 0.25) is 5.02 Å². The molecule has 0 aliphatic carbocycles. The van der Waals surface area contributed by atoms with Crippen LogP contribution in [0.1, 0.15) is 43.1 Å². The van der Waals surface area contributed by atoms with Crippen molar-refractivity contribution in [3.05, 3.63) is 135 Å². The van der Waals surface area contributed by atoms with Gasteiger partial charge in [0, 0.05) is 43.9 Å². The third-order valence-electron chi connectivity index (χ3n) is 5.87. The zero-order chi connectivity index (χ0) is 27.8. The predicted molar refractivity (Wildman–Crippen MR) is 154 cm³/mol. The summed E-state index contributed by atoms with van der Waals surface area (Å²) in [4.78, 5) is 52.1. The topological polar surface area (TPSA) is 89.5 Å². The Balaban J connectivity index is 1.59. The highest BCUT2D eigenvalue weighted by Crippen LogP contribution is 2.25. The highest BCUT2D eigenvalue weighted by Gasteiger charge is 2.27. The Morgan fingerprint density at radius 1 is 0.744 bits per heavy atom. The van der Waals surface area contributed by atoms with Gasteiger partial charge in [-0.05, 0) is 30.3 Å². The SMILES string of the molecule is O=C(COC(=O)C(CC(=O)c1ccccc1)Nc1ccc(Cl)cc1C(=O)c1ccccc1)c1ccc(Br)cc1. The van der Waals surface area contributed by atoms with Gasteiger partial charge < -0.3 is 10.1 Å². The monoisotopic (exact) mass is 603 g/mol. The van der Waals surface area contributed by atoms with Crippen LogP contribution in [0.5, 0.6) is 0 Å². The molecule has 0 aromatic heterocycles. The Morgan fingerprint density at radius 3 is 1.97 bits per heavy atom. The summed E-state index contributed by atoms with van der Waals surface area (Å²) in [5, 5.41) is 3.34. The summed E-state index contributed by atoms with van der Waals surface area (Å²) in [6, 6.07) is 27.3. The lowest BCUT2D eigenvalue weighted by Crippen LogP contribution is -2.35. The number of esters is 1. The van der Waals surface area contributed by atoms with Gasteiger partial charge >= 0.3 is 5.97 Å². The highest BCUT2D eigenvalue weighted by molar-refractivity contribution is 9.10. The van der Waals surface area contributed by atoms with E-state index in [1.54, 1.807) is 97.1 Å². The van der Waals surface area contributed by atoms with Crippen LogP contribution in [0.15, 0.2) is 108 Å². The number of hydrogen-bond acceptors (Lipinski definition) is 6. The molecule has 0 bridgehead atoms. The first kappa shape index (κ1) is 28.0. The van der Waals surface area contributed by atoms with E-state index >= 15 is 0 Å². The van der Waals surface area contributed by atoms with E-state index in [-0.39, 0.29) is 23.6 Å². The molecular formula is C31H23BrClNO5. The molecule has 4 aromatic rings. The van der Waals surface area contributed by atoms with Crippen molar-refractivity contribution in [1.82, 2.24) is 0 Å². The second-order valence-corrected chi connectivity index (χ2v) is 9.97. The normalized spacial score (nSPS) is 11.3. The van der Waals surface area contributed by atoms with Gasteiger partial charge in [-0.1, -0.05) is 100 Å². The van der Waals surface area contributed by atoms with E-state index in [0.717, 1.165) is 4.47 Å². The molecule has 1 unspecified atom stereocenters. The summed E-state index contributed by atoms with van der Waals surface area (Å²) in [6.07, 6.45) is -0.267. The van der Waals surface area contributed by atoms with E-state index in [2.05, 4.69) is 21.2 Å². The fourth-order valence-electron chi connectivity index (χ4n) is 3.84. The van der Waals surface area contributed by atoms with E-state index in [4.69, 9.17) is 16.3 Å². The highest BCUT2D eigenvalue weighted by atomic mass is 79.9. The van der Waals surface area contributed by atoms with Gasteiger partial charge in [0.25, 0.3) is 0 Å². The molecule has 4 rings (SSSR count). The number of Topliss-reactive ketones (excluding diaryl/α,β-unsaturated/α-hetero) is 2. The van der Waals surface area contributed by atoms with Crippen molar-refractivity contribution in [2.24, 2.45) is 0 Å². The maximum atomic E-state index is 13.3. The van der Waals surface area contributed by atoms with Gasteiger partial charge in [0.15, 0.2) is 24.0 Å². The Labute approximate surface area is 239 Å². The number of nitrogens with one attached hydrogen (secondary N) is 1. The van der Waals surface area contributed by atoms with Crippen LogP contribution < -0.4 is 5.32 Å². The Kier molecular flexibility index (Phi) is 9.41. The Bertz CT molecular complexity index is 1490. The molecule has 0 spiro atoms. The van der Waals surface area contributed by atoms with E-state index < -0.39 is 24.4 Å². The van der Waals surface area contributed by atoms with E-state index in [0.29, 0.717) is 27.4 Å². The van der Waals surface area contributed by atoms with Gasteiger partial charge in [0.1, 0.15) is 6.04 Å². The smallest absolute Gasteiger partial charge is 0.329 e. The van der Waals surface area contributed by atoms with Gasteiger partial charge in [0.05, 0.1) is 0 Å². The van der Waals surface area contributed by atoms with Crippen molar-refractivity contribution in [1.29, 1.82) is 0 Å². The quantitative estimate of drug-likeness (QED) is 0.149. The second kappa shape index (κ2) is 13.1. The third kappa shape index (κ3) is 7.50. The number of benzene rings is 4. The molecule has 4 aromatic carbocycles. The molecule has 0 aliphatic heterocycles. The largest absolute Gasteiger partial charge is 0.456 e. The van der Waals surface area contributed by atoms with E-state index in [9.17, 15) is 19.2 Å². The fraction of sp³-hybridized carbons (Fsp3) is 0.0968. The molecule has 0 saturated carbocycles. The summed E-state index contributed by atoms with van der Waals surface area (Å²) in [5.41, 5.74) is 1.76. The number of halogens is 2. The van der Waals surface area contributed by atoms with Crippen LogP contribution in [-0.4, -0.2) is 36.0 Å². The molecular weight excluding hydrogens is 582 g/mol. The van der Waals surface area contributed by atoms with Gasteiger partial charge in [-0.3, -0.25) is 14.4 Å². The van der Waals surface area contributed by atoms with Gasteiger partial charge in [-0.25, -0.2) is 4.79 Å². The Morgan fingerprint density at radius 2 is 1.33 bits per heavy atom. The molecule has 0 amide bonds. The maximum absolute atomic E-state index is 13.3. The number of anilines is 1. The van der Waals surface area contributed by atoms with Gasteiger partial charge in [0.2, 0.25) is 0 Å². The standard InChI is InChI=1S/C31H23BrClNO5/c32-23-13-11-21(12-14-23)29(36)19-39-31(38)27(18-28(35)20-7-3-1-4-8-20)34-26-16-15-24(33)17-25(26)30(37)22-9-5-2-6-10-22/h1-17,27,34H,18-19H2. The van der Waals surface area contributed by atoms with Crippen LogP contribution in [-0.2, 0) is 9.53 Å². The summed E-state index contributed by atoms with van der Waals surface area (Å²) in [5.74, 6) is -1.82. The molecule has 1 N–H and O–H groups in total. The minimum atomic E-state index is -1.18. The minimum absolute atomic E-state index is 0.226. The number of carbonyl (C=O) groups excluding carboxylic acids is 4. The molecule has 0 heterocycles. The Hall–Kier alpha value is -4.07. The number of hydrogen-bond donors (Lipinski definition) is 1. The lowest BCUT2D eigenvalue weighted by atomic mass is 9.99. The van der Waals surface area contributed by atoms with E-state index in [1.165, 1.54) is 6.07 Å². The second-order valence-electron chi connectivity index (χ2n) is 8.61. The first-order valence-electron chi connectivity index (χ1n) is 12.0. The zero-order valence-electron chi connectivity index (χ0n) is 20.6. The van der Waals surface area contributed by atoms with Gasteiger partial charge in [-0.2, -0.15) is 0 Å². The van der Waals surface area contributed by atoms with Crippen molar-refractivity contribution in [2.75, 3.05) is 11.9 Å². The molecule has 0 fully saturated rings. The van der Waals surface area contributed by atoms with Crippen molar-refractivity contribution < 1.29 is 23.9 Å². The molecule has 0 radical (unpaired) electrons. The third-order valence-corrected chi connectivity index (χ3v) is 6.64.